The lowest BCUT2D eigenvalue weighted by molar-refractivity contribution is -0.125. The number of anilines is 1. The van der Waals surface area contributed by atoms with Gasteiger partial charge in [-0.15, -0.1) is 0 Å². The van der Waals surface area contributed by atoms with E-state index in [1.165, 1.54) is 11.1 Å². The molecule has 0 N–H and O–H groups in total. The van der Waals surface area contributed by atoms with Crippen molar-refractivity contribution in [1.82, 2.24) is 0 Å². The van der Waals surface area contributed by atoms with Crippen molar-refractivity contribution in [3.05, 3.63) is 59.7 Å². The fourth-order valence-corrected chi connectivity index (χ4v) is 4.45. The van der Waals surface area contributed by atoms with Crippen molar-refractivity contribution in [2.75, 3.05) is 18.6 Å². The van der Waals surface area contributed by atoms with E-state index in [2.05, 4.69) is 41.3 Å². The number of carbonyl (C=O) groups excluding carboxylic acids is 1. The first-order valence-electron chi connectivity index (χ1n) is 9.29. The first-order valence-corrected chi connectivity index (χ1v) is 9.29. The number of hydrogen-bond donors (Lipinski definition) is 0. The second-order valence-corrected chi connectivity index (χ2v) is 7.11. The summed E-state index contributed by atoms with van der Waals surface area (Å²) in [7, 11) is 1.70. The predicted molar refractivity (Wildman–Crippen MR) is 100 cm³/mol. The molecule has 1 heterocycles. The van der Waals surface area contributed by atoms with Gasteiger partial charge in [-0.25, -0.2) is 0 Å². The number of hydrogen-bond acceptors (Lipinski definition) is 3. The molecule has 0 radical (unpaired) electrons. The second-order valence-electron chi connectivity index (χ2n) is 7.11. The van der Waals surface area contributed by atoms with Crippen LogP contribution in [0.4, 0.5) is 5.69 Å². The van der Waals surface area contributed by atoms with Crippen molar-refractivity contribution in [2.24, 2.45) is 5.92 Å². The van der Waals surface area contributed by atoms with E-state index in [1.54, 1.807) is 7.11 Å². The number of carbonyl (C=O) groups is 1. The number of nitrogens with zero attached hydrogens (tertiary/aromatic N) is 1. The van der Waals surface area contributed by atoms with Gasteiger partial charge in [0.15, 0.2) is 0 Å². The summed E-state index contributed by atoms with van der Waals surface area (Å²) in [6, 6.07) is 17.0. The van der Waals surface area contributed by atoms with Crippen molar-refractivity contribution < 1.29 is 9.53 Å². The molecule has 1 saturated carbocycles. The zero-order chi connectivity index (χ0) is 17.2. The molecule has 1 fully saturated rings. The number of benzene rings is 2. The third kappa shape index (κ3) is 3.04. The van der Waals surface area contributed by atoms with Gasteiger partial charge in [-0.05, 0) is 42.5 Å². The molecule has 2 aromatic rings. The SMILES string of the molecule is COc1cccc(N2CCc3ccccc3[C@@H]2[C@@H]2CCCCC2=O)c1. The van der Waals surface area contributed by atoms with Gasteiger partial charge in [-0.3, -0.25) is 4.79 Å². The quantitative estimate of drug-likeness (QED) is 0.823. The molecule has 2 atom stereocenters. The van der Waals surface area contributed by atoms with Crippen molar-refractivity contribution >= 4 is 11.5 Å². The lowest BCUT2D eigenvalue weighted by Crippen LogP contribution is -2.42. The van der Waals surface area contributed by atoms with Gasteiger partial charge in [0.05, 0.1) is 13.2 Å². The van der Waals surface area contributed by atoms with Crippen LogP contribution in [0.3, 0.4) is 0 Å². The summed E-state index contributed by atoms with van der Waals surface area (Å²) in [6.45, 7) is 0.943. The summed E-state index contributed by atoms with van der Waals surface area (Å²) in [5.74, 6) is 1.40. The zero-order valence-corrected chi connectivity index (χ0v) is 14.8. The Hall–Kier alpha value is -2.29. The number of Topliss-reactive ketones (excluding diaryl/α,β-unsaturated/α-hetero) is 1. The van der Waals surface area contributed by atoms with E-state index < -0.39 is 0 Å². The Morgan fingerprint density at radius 1 is 1.04 bits per heavy atom. The van der Waals surface area contributed by atoms with E-state index in [4.69, 9.17) is 4.74 Å². The fraction of sp³-hybridized carbons (Fsp3) is 0.409. The molecule has 0 saturated heterocycles. The Kier molecular flexibility index (Phi) is 4.48. The van der Waals surface area contributed by atoms with Crippen LogP contribution in [-0.2, 0) is 11.2 Å². The highest BCUT2D eigenvalue weighted by Gasteiger charge is 2.38. The molecule has 0 bridgehead atoms. The van der Waals surface area contributed by atoms with Crippen LogP contribution >= 0.6 is 0 Å². The predicted octanol–water partition coefficient (Wildman–Crippen LogP) is 4.56. The van der Waals surface area contributed by atoms with Crippen LogP contribution in [0.15, 0.2) is 48.5 Å². The van der Waals surface area contributed by atoms with Gasteiger partial charge in [0.2, 0.25) is 0 Å². The van der Waals surface area contributed by atoms with Gasteiger partial charge in [0, 0.05) is 30.6 Å². The average molecular weight is 335 g/mol. The maximum Gasteiger partial charge on any atom is 0.138 e. The maximum atomic E-state index is 12.8. The largest absolute Gasteiger partial charge is 0.497 e. The van der Waals surface area contributed by atoms with E-state index in [0.717, 1.165) is 50.1 Å². The standard InChI is InChI=1S/C22H25NO2/c1-25-18-9-6-8-17(15-18)23-14-13-16-7-2-3-10-19(16)22(23)20-11-4-5-12-21(20)24/h2-3,6-10,15,20,22H,4-5,11-14H2,1H3/t20-,22-/m1/s1. The summed E-state index contributed by atoms with van der Waals surface area (Å²) >= 11 is 0. The highest BCUT2D eigenvalue weighted by molar-refractivity contribution is 5.83. The third-order valence-electron chi connectivity index (χ3n) is 5.70. The molecule has 1 aliphatic heterocycles. The zero-order valence-electron chi connectivity index (χ0n) is 14.8. The normalized spacial score (nSPS) is 23.2. The Labute approximate surface area is 149 Å². The van der Waals surface area contributed by atoms with Crippen molar-refractivity contribution in [3.8, 4) is 5.75 Å². The van der Waals surface area contributed by atoms with Crippen LogP contribution in [0.2, 0.25) is 0 Å². The van der Waals surface area contributed by atoms with E-state index in [9.17, 15) is 4.79 Å². The number of ketones is 1. The summed E-state index contributed by atoms with van der Waals surface area (Å²) in [5.41, 5.74) is 3.87. The Morgan fingerprint density at radius 2 is 1.92 bits per heavy atom. The van der Waals surface area contributed by atoms with Crippen LogP contribution in [-0.4, -0.2) is 19.4 Å². The molecule has 2 aromatic carbocycles. The molecule has 0 aromatic heterocycles. The van der Waals surface area contributed by atoms with Gasteiger partial charge in [0.25, 0.3) is 0 Å². The van der Waals surface area contributed by atoms with E-state index in [0.29, 0.717) is 5.78 Å². The van der Waals surface area contributed by atoms with Gasteiger partial charge in [-0.2, -0.15) is 0 Å². The van der Waals surface area contributed by atoms with Gasteiger partial charge in [0.1, 0.15) is 11.5 Å². The lowest BCUT2D eigenvalue weighted by Gasteiger charge is -2.43. The maximum absolute atomic E-state index is 12.8. The minimum absolute atomic E-state index is 0.0985. The molecule has 0 spiro atoms. The molecule has 2 aliphatic rings. The molecular formula is C22H25NO2. The topological polar surface area (TPSA) is 29.5 Å². The molecule has 3 nitrogen and oxygen atoms in total. The smallest absolute Gasteiger partial charge is 0.138 e. The average Bonchev–Trinajstić information content (AvgIpc) is 2.68. The van der Waals surface area contributed by atoms with Crippen molar-refractivity contribution in [1.29, 1.82) is 0 Å². The third-order valence-corrected chi connectivity index (χ3v) is 5.70. The number of fused-ring (bicyclic) bond motifs is 1. The van der Waals surface area contributed by atoms with Gasteiger partial charge in [-0.1, -0.05) is 36.8 Å². The molecule has 0 amide bonds. The monoisotopic (exact) mass is 335 g/mol. The van der Waals surface area contributed by atoms with Gasteiger partial charge < -0.3 is 9.64 Å². The van der Waals surface area contributed by atoms with Crippen LogP contribution in [0.1, 0.15) is 42.9 Å². The number of rotatable bonds is 3. The highest BCUT2D eigenvalue weighted by atomic mass is 16.5. The Bertz CT molecular complexity index is 770. The van der Waals surface area contributed by atoms with Crippen LogP contribution in [0.25, 0.3) is 0 Å². The van der Waals surface area contributed by atoms with Crippen LogP contribution in [0, 0.1) is 5.92 Å². The number of methoxy groups -OCH3 is 1. The molecule has 130 valence electrons. The summed E-state index contributed by atoms with van der Waals surface area (Å²) in [6.07, 6.45) is 4.95. The fourth-order valence-electron chi connectivity index (χ4n) is 4.45. The minimum atomic E-state index is 0.0985. The lowest BCUT2D eigenvalue weighted by atomic mass is 9.76. The molecular weight excluding hydrogens is 310 g/mol. The Balaban J connectivity index is 1.78. The minimum Gasteiger partial charge on any atom is -0.497 e. The molecule has 1 aliphatic carbocycles. The highest BCUT2D eigenvalue weighted by Crippen LogP contribution is 2.43. The first-order chi connectivity index (χ1) is 12.3. The number of ether oxygens (including phenoxy) is 1. The van der Waals surface area contributed by atoms with Gasteiger partial charge >= 0.3 is 0 Å². The van der Waals surface area contributed by atoms with Crippen LogP contribution in [0.5, 0.6) is 5.75 Å². The van der Waals surface area contributed by atoms with E-state index in [1.807, 2.05) is 12.1 Å². The van der Waals surface area contributed by atoms with Crippen LogP contribution < -0.4 is 9.64 Å². The van der Waals surface area contributed by atoms with Crippen molar-refractivity contribution in [3.63, 3.8) is 0 Å². The van der Waals surface area contributed by atoms with E-state index >= 15 is 0 Å². The second kappa shape index (κ2) is 6.91. The first kappa shape index (κ1) is 16.2. The van der Waals surface area contributed by atoms with E-state index in [-0.39, 0.29) is 12.0 Å². The summed E-state index contributed by atoms with van der Waals surface area (Å²) < 4.78 is 5.42. The summed E-state index contributed by atoms with van der Waals surface area (Å²) in [4.78, 5) is 15.2. The summed E-state index contributed by atoms with van der Waals surface area (Å²) in [5, 5.41) is 0. The van der Waals surface area contributed by atoms with Crippen molar-refractivity contribution in [2.45, 2.75) is 38.1 Å². The molecule has 25 heavy (non-hydrogen) atoms. The molecule has 0 unspecified atom stereocenters. The molecule has 3 heteroatoms. The Morgan fingerprint density at radius 3 is 2.76 bits per heavy atom. The molecule has 4 rings (SSSR count).